The van der Waals surface area contributed by atoms with Crippen LogP contribution >= 0.6 is 15.9 Å². The fraction of sp³-hybridized carbons (Fsp3) is 0.261. The van der Waals surface area contributed by atoms with Crippen LogP contribution in [0.1, 0.15) is 35.5 Å². The highest BCUT2D eigenvalue weighted by Gasteiger charge is 2.09. The standard InChI is InChI=1S/C23H25BrN2O2/c1-15(2)13-26-23(27)17-5-4-6-19(12-17)25-14-20-8-10-22(28-20)21-9-7-18(24)11-16(21)3/h4-12,15,25H,13-14H2,1-3H3,(H,26,27). The first kappa shape index (κ1) is 20.2. The second kappa shape index (κ2) is 9.11. The summed E-state index contributed by atoms with van der Waals surface area (Å²) in [7, 11) is 0. The monoisotopic (exact) mass is 440 g/mol. The first-order valence-corrected chi connectivity index (χ1v) is 10.2. The number of amides is 1. The molecule has 0 aliphatic carbocycles. The van der Waals surface area contributed by atoms with Gasteiger partial charge in [0.15, 0.2) is 0 Å². The Morgan fingerprint density at radius 2 is 1.93 bits per heavy atom. The maximum absolute atomic E-state index is 12.2. The van der Waals surface area contributed by atoms with Crippen molar-refractivity contribution in [1.29, 1.82) is 0 Å². The lowest BCUT2D eigenvalue weighted by Crippen LogP contribution is -2.27. The van der Waals surface area contributed by atoms with E-state index in [1.807, 2.05) is 42.5 Å². The van der Waals surface area contributed by atoms with E-state index in [1.165, 1.54) is 0 Å². The summed E-state index contributed by atoms with van der Waals surface area (Å²) >= 11 is 3.49. The topological polar surface area (TPSA) is 54.3 Å². The third-order valence-electron chi connectivity index (χ3n) is 4.38. The predicted octanol–water partition coefficient (Wildman–Crippen LogP) is 6.02. The van der Waals surface area contributed by atoms with Gasteiger partial charge in [-0.25, -0.2) is 0 Å². The van der Waals surface area contributed by atoms with E-state index >= 15 is 0 Å². The van der Waals surface area contributed by atoms with Crippen LogP contribution in [0.3, 0.4) is 0 Å². The number of anilines is 1. The first-order valence-electron chi connectivity index (χ1n) is 9.40. The molecule has 0 radical (unpaired) electrons. The molecule has 0 bridgehead atoms. The lowest BCUT2D eigenvalue weighted by atomic mass is 10.1. The molecule has 0 fully saturated rings. The lowest BCUT2D eigenvalue weighted by molar-refractivity contribution is 0.0949. The molecule has 4 nitrogen and oxygen atoms in total. The number of hydrogen-bond donors (Lipinski definition) is 2. The second-order valence-corrected chi connectivity index (χ2v) is 8.18. The van der Waals surface area contributed by atoms with Crippen LogP contribution in [-0.2, 0) is 6.54 Å². The zero-order valence-corrected chi connectivity index (χ0v) is 18.0. The van der Waals surface area contributed by atoms with Gasteiger partial charge >= 0.3 is 0 Å². The van der Waals surface area contributed by atoms with Crippen LogP contribution in [0.5, 0.6) is 0 Å². The summed E-state index contributed by atoms with van der Waals surface area (Å²) in [5, 5.41) is 6.27. The van der Waals surface area contributed by atoms with Gasteiger partial charge in [0.2, 0.25) is 0 Å². The van der Waals surface area contributed by atoms with Crippen LogP contribution in [0.4, 0.5) is 5.69 Å². The van der Waals surface area contributed by atoms with Gasteiger partial charge in [-0.1, -0.05) is 35.8 Å². The molecule has 5 heteroatoms. The Balaban J connectivity index is 1.64. The molecule has 0 aliphatic heterocycles. The van der Waals surface area contributed by atoms with Crippen LogP contribution in [0.25, 0.3) is 11.3 Å². The highest BCUT2D eigenvalue weighted by atomic mass is 79.9. The minimum Gasteiger partial charge on any atom is -0.459 e. The van der Waals surface area contributed by atoms with Gasteiger partial charge in [-0.05, 0) is 66.9 Å². The van der Waals surface area contributed by atoms with Gasteiger partial charge in [-0.3, -0.25) is 4.79 Å². The third kappa shape index (κ3) is 5.26. The summed E-state index contributed by atoms with van der Waals surface area (Å²) < 4.78 is 7.05. The minimum atomic E-state index is -0.0525. The van der Waals surface area contributed by atoms with Crippen LogP contribution in [0, 0.1) is 12.8 Å². The van der Waals surface area contributed by atoms with Crippen molar-refractivity contribution in [3.63, 3.8) is 0 Å². The number of furan rings is 1. The van der Waals surface area contributed by atoms with Crippen molar-refractivity contribution in [2.75, 3.05) is 11.9 Å². The van der Waals surface area contributed by atoms with E-state index in [1.54, 1.807) is 0 Å². The molecule has 3 rings (SSSR count). The van der Waals surface area contributed by atoms with E-state index in [2.05, 4.69) is 59.5 Å². The maximum Gasteiger partial charge on any atom is 0.251 e. The van der Waals surface area contributed by atoms with Crippen molar-refractivity contribution in [3.05, 3.63) is 76.0 Å². The molecule has 1 aromatic heterocycles. The average molecular weight is 441 g/mol. The lowest BCUT2D eigenvalue weighted by Gasteiger charge is -2.10. The van der Waals surface area contributed by atoms with Gasteiger partial charge in [0.1, 0.15) is 11.5 Å². The molecular formula is C23H25BrN2O2. The maximum atomic E-state index is 12.2. The van der Waals surface area contributed by atoms with Crippen molar-refractivity contribution in [2.45, 2.75) is 27.3 Å². The van der Waals surface area contributed by atoms with Crippen LogP contribution < -0.4 is 10.6 Å². The van der Waals surface area contributed by atoms with Crippen molar-refractivity contribution in [1.82, 2.24) is 5.32 Å². The van der Waals surface area contributed by atoms with Gasteiger partial charge in [0.05, 0.1) is 6.54 Å². The minimum absolute atomic E-state index is 0.0525. The molecule has 28 heavy (non-hydrogen) atoms. The Kier molecular flexibility index (Phi) is 6.57. The SMILES string of the molecule is Cc1cc(Br)ccc1-c1ccc(CNc2cccc(C(=O)NCC(C)C)c2)o1. The number of benzene rings is 2. The largest absolute Gasteiger partial charge is 0.459 e. The van der Waals surface area contributed by atoms with Gasteiger partial charge in [-0.2, -0.15) is 0 Å². The van der Waals surface area contributed by atoms with Gasteiger partial charge in [0, 0.05) is 27.8 Å². The van der Waals surface area contributed by atoms with Gasteiger partial charge < -0.3 is 15.1 Å². The summed E-state index contributed by atoms with van der Waals surface area (Å²) in [5.74, 6) is 2.06. The normalized spacial score (nSPS) is 10.9. The molecule has 0 atom stereocenters. The number of aryl methyl sites for hydroxylation is 1. The average Bonchev–Trinajstić information content (AvgIpc) is 3.13. The molecule has 2 N–H and O–H groups in total. The molecule has 2 aromatic carbocycles. The number of nitrogens with one attached hydrogen (secondary N) is 2. The molecule has 0 saturated carbocycles. The van der Waals surface area contributed by atoms with E-state index in [4.69, 9.17) is 4.42 Å². The molecule has 3 aromatic rings. The third-order valence-corrected chi connectivity index (χ3v) is 4.87. The van der Waals surface area contributed by atoms with Crippen LogP contribution in [0.2, 0.25) is 0 Å². The first-order chi connectivity index (χ1) is 13.4. The van der Waals surface area contributed by atoms with E-state index in [-0.39, 0.29) is 5.91 Å². The number of hydrogen-bond acceptors (Lipinski definition) is 3. The van der Waals surface area contributed by atoms with Crippen molar-refractivity contribution < 1.29 is 9.21 Å². The summed E-state index contributed by atoms with van der Waals surface area (Å²) in [5.41, 5.74) is 3.77. The summed E-state index contributed by atoms with van der Waals surface area (Å²) in [6.07, 6.45) is 0. The van der Waals surface area contributed by atoms with E-state index < -0.39 is 0 Å². The highest BCUT2D eigenvalue weighted by Crippen LogP contribution is 2.28. The van der Waals surface area contributed by atoms with Crippen molar-refractivity contribution in [3.8, 4) is 11.3 Å². The number of rotatable bonds is 7. The Morgan fingerprint density at radius 3 is 2.68 bits per heavy atom. The molecule has 1 heterocycles. The number of halogens is 1. The summed E-state index contributed by atoms with van der Waals surface area (Å²) in [4.78, 5) is 12.2. The van der Waals surface area contributed by atoms with E-state index in [0.29, 0.717) is 24.6 Å². The molecular weight excluding hydrogens is 416 g/mol. The highest BCUT2D eigenvalue weighted by molar-refractivity contribution is 9.10. The van der Waals surface area contributed by atoms with Gasteiger partial charge in [-0.15, -0.1) is 0 Å². The summed E-state index contributed by atoms with van der Waals surface area (Å²) in [6.45, 7) is 7.43. The number of carbonyl (C=O) groups excluding carboxylic acids is 1. The van der Waals surface area contributed by atoms with Crippen molar-refractivity contribution in [2.24, 2.45) is 5.92 Å². The second-order valence-electron chi connectivity index (χ2n) is 7.26. The van der Waals surface area contributed by atoms with E-state index in [9.17, 15) is 4.79 Å². The Labute approximate surface area is 174 Å². The predicted molar refractivity (Wildman–Crippen MR) is 118 cm³/mol. The Bertz CT molecular complexity index is 963. The molecule has 0 unspecified atom stereocenters. The fourth-order valence-corrected chi connectivity index (χ4v) is 3.36. The molecule has 1 amide bonds. The molecule has 0 spiro atoms. The van der Waals surface area contributed by atoms with Crippen LogP contribution in [-0.4, -0.2) is 12.5 Å². The Hall–Kier alpha value is -2.53. The van der Waals surface area contributed by atoms with E-state index in [0.717, 1.165) is 32.8 Å². The molecule has 0 saturated heterocycles. The number of carbonyl (C=O) groups is 1. The van der Waals surface area contributed by atoms with Gasteiger partial charge in [0.25, 0.3) is 5.91 Å². The quantitative estimate of drug-likeness (QED) is 0.472. The van der Waals surface area contributed by atoms with Crippen molar-refractivity contribution >= 4 is 27.5 Å². The van der Waals surface area contributed by atoms with Crippen LogP contribution in [0.15, 0.2) is 63.5 Å². The summed E-state index contributed by atoms with van der Waals surface area (Å²) in [6, 6.07) is 17.6. The smallest absolute Gasteiger partial charge is 0.251 e. The Morgan fingerprint density at radius 1 is 1.11 bits per heavy atom. The molecule has 146 valence electrons. The molecule has 0 aliphatic rings. The zero-order chi connectivity index (χ0) is 20.1. The zero-order valence-electron chi connectivity index (χ0n) is 16.4. The fourth-order valence-electron chi connectivity index (χ4n) is 2.88.